The van der Waals surface area contributed by atoms with E-state index < -0.39 is 0 Å². The van der Waals surface area contributed by atoms with Crippen LogP contribution in [0.1, 0.15) is 74.9 Å². The van der Waals surface area contributed by atoms with E-state index in [0.717, 1.165) is 34.1 Å². The molecule has 0 heterocycles. The molecule has 0 unspecified atom stereocenters. The summed E-state index contributed by atoms with van der Waals surface area (Å²) in [6.07, 6.45) is 0. The maximum absolute atomic E-state index is 2.51. The van der Waals surface area contributed by atoms with E-state index in [4.69, 9.17) is 0 Å². The molecule has 0 radical (unpaired) electrons. The van der Waals surface area contributed by atoms with E-state index in [1.165, 1.54) is 216 Å². The van der Waals surface area contributed by atoms with Gasteiger partial charge in [0.2, 0.25) is 0 Å². The van der Waals surface area contributed by atoms with Crippen molar-refractivity contribution in [3.63, 3.8) is 0 Å². The van der Waals surface area contributed by atoms with Gasteiger partial charge in [-0.05, 0) is 268 Å². The Morgan fingerprint density at radius 1 is 0.133 bits per heavy atom. The number of anilines is 9. The summed E-state index contributed by atoms with van der Waals surface area (Å²) in [4.78, 5) is 7.44. The van der Waals surface area contributed by atoms with Crippen molar-refractivity contribution >= 4 is 83.5 Å². The molecule has 0 bridgehead atoms. The van der Waals surface area contributed by atoms with Gasteiger partial charge in [0.25, 0.3) is 0 Å². The first-order valence-electron chi connectivity index (χ1n) is 52.3. The monoisotopic (exact) mass is 1920 g/mol. The lowest BCUT2D eigenvalue weighted by molar-refractivity contribution is 0.666. The predicted molar refractivity (Wildman–Crippen MR) is 638 cm³/mol. The van der Waals surface area contributed by atoms with Crippen LogP contribution in [0, 0.1) is 0 Å². The predicted octanol–water partition coefficient (Wildman–Crippen LogP) is 40.9. The largest absolute Gasteiger partial charge is 0.310 e. The molecule has 3 nitrogen and oxygen atoms in total. The molecular formula is C147H111N3. The number of benzene rings is 24. The van der Waals surface area contributed by atoms with Crippen LogP contribution in [0.2, 0.25) is 0 Å². The van der Waals surface area contributed by atoms with Crippen molar-refractivity contribution in [2.45, 2.75) is 57.8 Å². The second-order valence-corrected chi connectivity index (χ2v) is 41.3. The molecule has 3 aliphatic rings. The van der Waals surface area contributed by atoms with Crippen LogP contribution in [0.3, 0.4) is 0 Å². The minimum Gasteiger partial charge on any atom is -0.310 e. The van der Waals surface area contributed by atoms with Gasteiger partial charge in [-0.25, -0.2) is 0 Å². The van der Waals surface area contributed by atoms with Gasteiger partial charge in [0.15, 0.2) is 0 Å². The molecule has 24 aromatic rings. The second kappa shape index (κ2) is 39.1. The molecule has 0 saturated heterocycles. The van der Waals surface area contributed by atoms with Gasteiger partial charge >= 0.3 is 0 Å². The Morgan fingerprint density at radius 2 is 0.360 bits per heavy atom. The van der Waals surface area contributed by atoms with E-state index in [9.17, 15) is 0 Å². The summed E-state index contributed by atoms with van der Waals surface area (Å²) in [6.45, 7) is 14.3. The first kappa shape index (κ1) is 92.6. The third-order valence-corrected chi connectivity index (χ3v) is 31.3. The lowest BCUT2D eigenvalue weighted by Gasteiger charge is -2.32. The Labute approximate surface area is 880 Å². The van der Waals surface area contributed by atoms with Crippen LogP contribution in [0.5, 0.6) is 0 Å². The molecule has 714 valence electrons. The van der Waals surface area contributed by atoms with Crippen molar-refractivity contribution in [1.29, 1.82) is 0 Å². The zero-order valence-electron chi connectivity index (χ0n) is 85.0. The first-order valence-corrected chi connectivity index (χ1v) is 52.3. The third-order valence-electron chi connectivity index (χ3n) is 31.3. The molecule has 3 heteroatoms. The van der Waals surface area contributed by atoms with Crippen molar-refractivity contribution in [2.24, 2.45) is 0 Å². The summed E-state index contributed by atoms with van der Waals surface area (Å²) in [5.74, 6) is 0. The lowest BCUT2D eigenvalue weighted by Crippen LogP contribution is -2.17. The Hall–Kier alpha value is -18.5. The van der Waals surface area contributed by atoms with Crippen LogP contribution in [-0.4, -0.2) is 0 Å². The smallest absolute Gasteiger partial charge is 0.0549 e. The fourth-order valence-electron chi connectivity index (χ4n) is 24.1. The molecule has 0 fully saturated rings. The zero-order chi connectivity index (χ0) is 101. The van der Waals surface area contributed by atoms with Gasteiger partial charge in [0.1, 0.15) is 0 Å². The molecular weight excluding hydrogens is 1810 g/mol. The van der Waals surface area contributed by atoms with Gasteiger partial charge in [0.05, 0.1) is 22.7 Å². The van der Waals surface area contributed by atoms with Crippen molar-refractivity contribution in [1.82, 2.24) is 0 Å². The quantitative estimate of drug-likeness (QED) is 0.0848. The highest BCUT2D eigenvalue weighted by Crippen LogP contribution is 2.62. The normalized spacial score (nSPS) is 12.8. The SMILES string of the molecule is CC1(C)c2ccccc2-c2c(N(c3ccc(-c4ccccc4)cc3)c3ccc(-c4ccc(-c5ccccc5)cc4)cc3)cc3ccccc3c21.CC1(C)c2ccccc2-c2c(N(c3ccc(-c4ccccc4)cc3)c3cccc(-c4cccc(-c5ccccc5)c4)c3)cc3ccccc3c21.CC1(C)c2ccccc2-c2c(N(c3ccc(-c4ccccc4)cc3)c3ccccc3-c3ccccc3-c3ccccc3)cc3ccccc3c21. The van der Waals surface area contributed by atoms with Gasteiger partial charge in [-0.1, -0.05) is 515 Å². The molecule has 0 aliphatic heterocycles. The molecule has 24 aromatic carbocycles. The Bertz CT molecular complexity index is 9130. The number of para-hydroxylation sites is 1. The van der Waals surface area contributed by atoms with E-state index in [2.05, 4.69) is 620 Å². The molecule has 27 rings (SSSR count). The molecule has 0 saturated carbocycles. The van der Waals surface area contributed by atoms with Crippen LogP contribution in [0.4, 0.5) is 51.2 Å². The summed E-state index contributed by atoms with van der Waals surface area (Å²) in [6, 6.07) is 205. The van der Waals surface area contributed by atoms with Crippen molar-refractivity contribution in [2.75, 3.05) is 14.7 Å². The maximum Gasteiger partial charge on any atom is 0.0549 e. The molecule has 150 heavy (non-hydrogen) atoms. The zero-order valence-corrected chi connectivity index (χ0v) is 85.0. The number of fused-ring (bicyclic) bond motifs is 15. The number of nitrogens with zero attached hydrogens (tertiary/aromatic N) is 3. The standard InChI is InChI=1S/3C49H37N/c1-49(2)44-27-15-13-26-43(44)47-46(33-37-21-9-10-23-40(37)48(47)49)50(38-31-29-35(30-32-38)34-17-5-3-6-18-34)45-28-16-14-25-42(45)41-24-12-11-22-39(41)36-19-7-4-8-20-36;1-49(2)45-26-12-11-25-44(45)47-46(33-40-19-9-10-24-43(40)48(47)49)50(41-29-27-36(28-30-41)34-15-5-3-6-16-34)42-23-14-22-39(32-42)38-21-13-20-37(31-38)35-17-7-4-8-18-35;1-49(2)45-20-12-11-19-44(45)47-46(33-40-17-9-10-18-43(40)48(47)49)50(41-29-25-38(26-30-41)35-15-7-4-8-16-35)42-31-27-39(28-32-42)37-23-21-36(22-24-37)34-13-5-3-6-14-34/h3*3-33H,1-2H3. The fraction of sp³-hybridized carbons (Fsp3) is 0.0612. The van der Waals surface area contributed by atoms with Crippen LogP contribution in [0.25, 0.3) is 166 Å². The second-order valence-electron chi connectivity index (χ2n) is 41.3. The average molecular weight is 1920 g/mol. The van der Waals surface area contributed by atoms with Gasteiger partial charge in [-0.3, -0.25) is 0 Å². The molecule has 0 spiro atoms. The Morgan fingerprint density at radius 3 is 0.713 bits per heavy atom. The summed E-state index contributed by atoms with van der Waals surface area (Å²) < 4.78 is 0. The molecule has 3 aliphatic carbocycles. The highest BCUT2D eigenvalue weighted by molar-refractivity contribution is 6.11. The highest BCUT2D eigenvalue weighted by Gasteiger charge is 2.44. The molecule has 0 N–H and O–H groups in total. The van der Waals surface area contributed by atoms with E-state index in [-0.39, 0.29) is 16.2 Å². The van der Waals surface area contributed by atoms with Gasteiger partial charge in [0, 0.05) is 66.9 Å². The van der Waals surface area contributed by atoms with Crippen LogP contribution >= 0.6 is 0 Å². The number of rotatable bonds is 18. The van der Waals surface area contributed by atoms with Crippen LogP contribution < -0.4 is 14.7 Å². The number of hydrogen-bond donors (Lipinski definition) is 0. The van der Waals surface area contributed by atoms with Gasteiger partial charge in [-0.2, -0.15) is 0 Å². The van der Waals surface area contributed by atoms with Crippen molar-refractivity contribution < 1.29 is 0 Å². The third kappa shape index (κ3) is 16.9. The summed E-state index contributed by atoms with van der Waals surface area (Å²) in [5.41, 5.74) is 47.8. The fourth-order valence-corrected chi connectivity index (χ4v) is 24.1. The minimum absolute atomic E-state index is 0.139. The Balaban J connectivity index is 0.000000116. The van der Waals surface area contributed by atoms with E-state index in [1.807, 2.05) is 0 Å². The molecule has 0 aromatic heterocycles. The topological polar surface area (TPSA) is 9.72 Å². The summed E-state index contributed by atoms with van der Waals surface area (Å²) in [7, 11) is 0. The minimum atomic E-state index is -0.163. The van der Waals surface area contributed by atoms with Crippen LogP contribution in [0.15, 0.2) is 564 Å². The van der Waals surface area contributed by atoms with E-state index in [1.54, 1.807) is 0 Å². The lowest BCUT2D eigenvalue weighted by atomic mass is 9.80. The van der Waals surface area contributed by atoms with Gasteiger partial charge in [-0.15, -0.1) is 0 Å². The van der Waals surface area contributed by atoms with E-state index >= 15 is 0 Å². The maximum atomic E-state index is 2.51. The molecule has 0 atom stereocenters. The highest BCUT2D eigenvalue weighted by atomic mass is 15.2. The Kier molecular flexibility index (Phi) is 24.1. The van der Waals surface area contributed by atoms with Crippen molar-refractivity contribution in [3.8, 4) is 134 Å². The van der Waals surface area contributed by atoms with E-state index in [0.29, 0.717) is 0 Å². The first-order chi connectivity index (χ1) is 73.7. The molecule has 0 amide bonds. The number of hydrogen-bond acceptors (Lipinski definition) is 3. The average Bonchev–Trinajstić information content (AvgIpc) is 1.55. The summed E-state index contributed by atoms with van der Waals surface area (Å²) >= 11 is 0. The van der Waals surface area contributed by atoms with Crippen molar-refractivity contribution in [3.05, 3.63) is 598 Å². The van der Waals surface area contributed by atoms with Crippen LogP contribution in [-0.2, 0) is 16.2 Å². The van der Waals surface area contributed by atoms with Gasteiger partial charge < -0.3 is 14.7 Å². The summed E-state index contributed by atoms with van der Waals surface area (Å²) in [5, 5.41) is 7.70.